The van der Waals surface area contributed by atoms with Gasteiger partial charge in [0.05, 0.1) is 5.25 Å². The van der Waals surface area contributed by atoms with Gasteiger partial charge in [-0.25, -0.2) is 13.1 Å². The molecule has 0 fully saturated rings. The Kier molecular flexibility index (Phi) is 7.60. The molecule has 0 bridgehead atoms. The van der Waals surface area contributed by atoms with Crippen LogP contribution < -0.4 is 10.5 Å². The van der Waals surface area contributed by atoms with Crippen molar-refractivity contribution in [2.45, 2.75) is 44.8 Å². The van der Waals surface area contributed by atoms with Crippen LogP contribution in [0.5, 0.6) is 0 Å². The molecule has 1 unspecified atom stereocenters. The lowest BCUT2D eigenvalue weighted by molar-refractivity contribution is 0.566. The molecule has 1 aromatic rings. The maximum Gasteiger partial charge on any atom is 0.213 e. The van der Waals surface area contributed by atoms with Crippen molar-refractivity contribution in [1.29, 1.82) is 0 Å². The first kappa shape index (κ1) is 18.7. The highest BCUT2D eigenvalue weighted by Gasteiger charge is 2.16. The third kappa shape index (κ3) is 6.18. The number of unbranched alkanes of at least 4 members (excludes halogenated alkanes) is 1. The standard InChI is InChI=1S/C17H26N2O2S/c1-14(2)22(20,21)19-13-15(3)17-10-8-16(9-11-17)7-5-4-6-12-18/h8-11,14-15,19H,4,6,12-13,18H2,1-3H3. The minimum atomic E-state index is -3.21. The zero-order valence-corrected chi connectivity index (χ0v) is 14.4. The van der Waals surface area contributed by atoms with Gasteiger partial charge in [0.15, 0.2) is 0 Å². The van der Waals surface area contributed by atoms with Crippen LogP contribution in [0, 0.1) is 11.8 Å². The van der Waals surface area contributed by atoms with Gasteiger partial charge in [-0.15, -0.1) is 0 Å². The molecule has 5 heteroatoms. The molecule has 0 spiro atoms. The van der Waals surface area contributed by atoms with Crippen molar-refractivity contribution in [3.05, 3.63) is 35.4 Å². The predicted octanol–water partition coefficient (Wildman–Crippen LogP) is 2.21. The molecular weight excluding hydrogens is 296 g/mol. The number of nitrogens with two attached hydrogens (primary N) is 1. The third-order valence-corrected chi connectivity index (χ3v) is 5.24. The molecule has 0 aliphatic carbocycles. The average Bonchev–Trinajstić information content (AvgIpc) is 2.50. The van der Waals surface area contributed by atoms with Gasteiger partial charge < -0.3 is 5.73 Å². The summed E-state index contributed by atoms with van der Waals surface area (Å²) < 4.78 is 26.2. The molecule has 22 heavy (non-hydrogen) atoms. The van der Waals surface area contributed by atoms with Gasteiger partial charge in [0.1, 0.15) is 0 Å². The quantitative estimate of drug-likeness (QED) is 0.597. The van der Waals surface area contributed by atoms with Gasteiger partial charge in [0, 0.05) is 18.5 Å². The van der Waals surface area contributed by atoms with Crippen molar-refractivity contribution < 1.29 is 8.42 Å². The van der Waals surface area contributed by atoms with E-state index in [0.717, 1.165) is 24.0 Å². The molecule has 1 aromatic carbocycles. The Hall–Kier alpha value is -1.35. The smallest absolute Gasteiger partial charge is 0.213 e. The van der Waals surface area contributed by atoms with Crippen molar-refractivity contribution in [1.82, 2.24) is 4.72 Å². The van der Waals surface area contributed by atoms with Gasteiger partial charge in [-0.3, -0.25) is 0 Å². The van der Waals surface area contributed by atoms with Gasteiger partial charge in [-0.2, -0.15) is 0 Å². The van der Waals surface area contributed by atoms with Crippen LogP contribution in [0.3, 0.4) is 0 Å². The highest BCUT2D eigenvalue weighted by atomic mass is 32.2. The fourth-order valence-corrected chi connectivity index (χ4v) is 2.59. The molecule has 122 valence electrons. The lowest BCUT2D eigenvalue weighted by atomic mass is 10.0. The number of rotatable bonds is 7. The van der Waals surface area contributed by atoms with Crippen LogP contribution in [0.25, 0.3) is 0 Å². The lowest BCUT2D eigenvalue weighted by Gasteiger charge is -2.15. The summed E-state index contributed by atoms with van der Waals surface area (Å²) >= 11 is 0. The van der Waals surface area contributed by atoms with E-state index in [-0.39, 0.29) is 5.92 Å². The van der Waals surface area contributed by atoms with E-state index in [4.69, 9.17) is 5.73 Å². The van der Waals surface area contributed by atoms with Crippen molar-refractivity contribution in [2.24, 2.45) is 5.73 Å². The predicted molar refractivity (Wildman–Crippen MR) is 92.1 cm³/mol. The Morgan fingerprint density at radius 3 is 2.36 bits per heavy atom. The molecule has 0 aromatic heterocycles. The van der Waals surface area contributed by atoms with Crippen LogP contribution in [0.15, 0.2) is 24.3 Å². The molecule has 1 atom stereocenters. The Labute approximate surface area is 134 Å². The monoisotopic (exact) mass is 322 g/mol. The van der Waals surface area contributed by atoms with Gasteiger partial charge >= 0.3 is 0 Å². The van der Waals surface area contributed by atoms with Crippen molar-refractivity contribution in [3.8, 4) is 11.8 Å². The number of benzene rings is 1. The molecule has 3 N–H and O–H groups in total. The number of sulfonamides is 1. The first-order chi connectivity index (χ1) is 10.4. The largest absolute Gasteiger partial charge is 0.330 e. The Morgan fingerprint density at radius 1 is 1.18 bits per heavy atom. The van der Waals surface area contributed by atoms with Gasteiger partial charge in [0.25, 0.3) is 0 Å². The van der Waals surface area contributed by atoms with Gasteiger partial charge in [0.2, 0.25) is 10.0 Å². The first-order valence-electron chi connectivity index (χ1n) is 7.64. The van der Waals surface area contributed by atoms with E-state index >= 15 is 0 Å². The van der Waals surface area contributed by atoms with E-state index in [1.54, 1.807) is 13.8 Å². The van der Waals surface area contributed by atoms with Crippen LogP contribution in [-0.2, 0) is 10.0 Å². The van der Waals surface area contributed by atoms with E-state index < -0.39 is 15.3 Å². The van der Waals surface area contributed by atoms with Crippen LogP contribution in [0.4, 0.5) is 0 Å². The summed E-state index contributed by atoms with van der Waals surface area (Å²) in [4.78, 5) is 0. The molecular formula is C17H26N2O2S. The lowest BCUT2D eigenvalue weighted by Crippen LogP contribution is -2.33. The second kappa shape index (κ2) is 8.94. The maximum atomic E-state index is 11.8. The molecule has 0 amide bonds. The highest BCUT2D eigenvalue weighted by molar-refractivity contribution is 7.90. The van der Waals surface area contributed by atoms with Crippen LogP contribution in [-0.4, -0.2) is 26.8 Å². The summed E-state index contributed by atoms with van der Waals surface area (Å²) in [6, 6.07) is 7.94. The minimum Gasteiger partial charge on any atom is -0.330 e. The topological polar surface area (TPSA) is 72.2 Å². The van der Waals surface area contributed by atoms with E-state index in [0.29, 0.717) is 13.1 Å². The molecule has 0 heterocycles. The zero-order valence-electron chi connectivity index (χ0n) is 13.6. The average molecular weight is 322 g/mol. The molecule has 0 saturated carbocycles. The van der Waals surface area contributed by atoms with Gasteiger partial charge in [-0.1, -0.05) is 30.9 Å². The fraction of sp³-hybridized carbons (Fsp3) is 0.529. The number of hydrogen-bond acceptors (Lipinski definition) is 3. The van der Waals surface area contributed by atoms with E-state index in [2.05, 4.69) is 16.6 Å². The first-order valence-corrected chi connectivity index (χ1v) is 9.19. The van der Waals surface area contributed by atoms with Crippen LogP contribution in [0.1, 0.15) is 50.7 Å². The summed E-state index contributed by atoms with van der Waals surface area (Å²) in [5, 5.41) is -0.411. The molecule has 4 nitrogen and oxygen atoms in total. The second-order valence-electron chi connectivity index (χ2n) is 5.66. The summed E-state index contributed by atoms with van der Waals surface area (Å²) in [6.45, 7) is 6.42. The summed E-state index contributed by atoms with van der Waals surface area (Å²) in [5.41, 5.74) is 7.49. The van der Waals surface area contributed by atoms with Crippen molar-refractivity contribution >= 4 is 10.0 Å². The molecule has 1 rings (SSSR count). The Bertz CT molecular complexity index is 610. The normalized spacial score (nSPS) is 12.8. The summed E-state index contributed by atoms with van der Waals surface area (Å²) in [7, 11) is -3.21. The van der Waals surface area contributed by atoms with Crippen LogP contribution >= 0.6 is 0 Å². The third-order valence-electron chi connectivity index (χ3n) is 3.43. The van der Waals surface area contributed by atoms with E-state index in [9.17, 15) is 8.42 Å². The highest BCUT2D eigenvalue weighted by Crippen LogP contribution is 2.15. The maximum absolute atomic E-state index is 11.8. The van der Waals surface area contributed by atoms with Crippen LogP contribution in [0.2, 0.25) is 0 Å². The number of hydrogen-bond donors (Lipinski definition) is 2. The SMILES string of the molecule is CC(CNS(=O)(=O)C(C)C)c1ccc(C#CCCCN)cc1. The Morgan fingerprint density at radius 2 is 1.82 bits per heavy atom. The van der Waals surface area contributed by atoms with Gasteiger partial charge in [-0.05, 0) is 50.4 Å². The molecule has 0 radical (unpaired) electrons. The van der Waals surface area contributed by atoms with E-state index in [1.165, 1.54) is 0 Å². The Balaban J connectivity index is 2.60. The summed E-state index contributed by atoms with van der Waals surface area (Å²) in [6.07, 6.45) is 1.73. The minimum absolute atomic E-state index is 0.118. The number of nitrogens with one attached hydrogen (secondary N) is 1. The molecule has 0 saturated heterocycles. The fourth-order valence-electron chi connectivity index (χ4n) is 1.78. The van der Waals surface area contributed by atoms with E-state index in [1.807, 2.05) is 31.2 Å². The molecule has 0 aliphatic heterocycles. The zero-order chi connectivity index (χ0) is 16.6. The molecule has 0 aliphatic rings. The van der Waals surface area contributed by atoms with Crippen molar-refractivity contribution in [3.63, 3.8) is 0 Å². The van der Waals surface area contributed by atoms with Crippen molar-refractivity contribution in [2.75, 3.05) is 13.1 Å². The summed E-state index contributed by atoms with van der Waals surface area (Å²) in [5.74, 6) is 6.31. The second-order valence-corrected chi connectivity index (χ2v) is 7.98.